The number of nitrogens with zero attached hydrogens (tertiary/aromatic N) is 3. The number of fused-ring (bicyclic) bond motifs is 3. The van der Waals surface area contributed by atoms with Gasteiger partial charge in [-0.15, -0.1) is 0 Å². The molecule has 168 valence electrons. The lowest BCUT2D eigenvalue weighted by atomic mass is 10.0. The van der Waals surface area contributed by atoms with E-state index in [1.807, 2.05) is 26.0 Å². The van der Waals surface area contributed by atoms with Crippen molar-refractivity contribution in [1.29, 1.82) is 0 Å². The van der Waals surface area contributed by atoms with Crippen molar-refractivity contribution >= 4 is 27.8 Å². The minimum absolute atomic E-state index is 0.432. The molecular formula is C26H33N5O. The number of imidazole rings is 1. The molecule has 0 aliphatic rings. The second-order valence-electron chi connectivity index (χ2n) is 9.28. The van der Waals surface area contributed by atoms with Gasteiger partial charge in [-0.2, -0.15) is 0 Å². The highest BCUT2D eigenvalue weighted by molar-refractivity contribution is 6.06. The number of aliphatic hydroxyl groups is 1. The van der Waals surface area contributed by atoms with Gasteiger partial charge in [-0.25, -0.2) is 9.97 Å². The molecule has 6 nitrogen and oxygen atoms in total. The normalized spacial score (nSPS) is 12.2. The summed E-state index contributed by atoms with van der Waals surface area (Å²) in [6.45, 7) is 6.80. The van der Waals surface area contributed by atoms with Gasteiger partial charge in [-0.1, -0.05) is 49.7 Å². The molecule has 0 fully saturated rings. The lowest BCUT2D eigenvalue weighted by Gasteiger charge is -2.21. The van der Waals surface area contributed by atoms with Crippen LogP contribution in [-0.2, 0) is 25.9 Å². The van der Waals surface area contributed by atoms with E-state index >= 15 is 0 Å². The Morgan fingerprint density at radius 3 is 2.50 bits per heavy atom. The maximum absolute atomic E-state index is 10.6. The molecule has 0 bridgehead atoms. The number of hydrogen-bond acceptors (Lipinski definition) is 5. The van der Waals surface area contributed by atoms with E-state index in [4.69, 9.17) is 21.4 Å². The average molecular weight is 432 g/mol. The third-order valence-corrected chi connectivity index (χ3v) is 5.78. The van der Waals surface area contributed by atoms with Gasteiger partial charge in [0.25, 0.3) is 0 Å². The van der Waals surface area contributed by atoms with Crippen LogP contribution in [0.1, 0.15) is 56.1 Å². The zero-order valence-electron chi connectivity index (χ0n) is 19.2. The summed E-state index contributed by atoms with van der Waals surface area (Å²) in [7, 11) is 0. The third-order valence-electron chi connectivity index (χ3n) is 5.78. The van der Waals surface area contributed by atoms with E-state index < -0.39 is 5.60 Å². The molecule has 6 heteroatoms. The number of nitrogen functional groups attached to an aromatic ring is 1. The molecule has 5 N–H and O–H groups in total. The Labute approximate surface area is 189 Å². The van der Waals surface area contributed by atoms with Crippen LogP contribution in [0.25, 0.3) is 21.9 Å². The molecule has 0 aliphatic heterocycles. The first kappa shape index (κ1) is 22.2. The van der Waals surface area contributed by atoms with E-state index in [2.05, 4.69) is 41.8 Å². The molecule has 0 spiro atoms. The molecule has 4 aromatic rings. The first-order valence-corrected chi connectivity index (χ1v) is 11.4. The van der Waals surface area contributed by atoms with Crippen LogP contribution < -0.4 is 11.5 Å². The lowest BCUT2D eigenvalue weighted by Crippen LogP contribution is -2.27. The van der Waals surface area contributed by atoms with Gasteiger partial charge in [0.2, 0.25) is 0 Å². The molecule has 0 atom stereocenters. The molecule has 2 aromatic heterocycles. The number of pyridine rings is 1. The summed E-state index contributed by atoms with van der Waals surface area (Å²) < 4.78 is 2.13. The smallest absolute Gasteiger partial charge is 0.152 e. The SMILES string of the molecule is CCCCc1nc2c(N)nc3cc(Cc4cccc(CN)c4)ccc3c2n1CC(C)(C)O. The predicted octanol–water partition coefficient (Wildman–Crippen LogP) is 4.33. The molecule has 0 radical (unpaired) electrons. The second-order valence-corrected chi connectivity index (χ2v) is 9.28. The summed E-state index contributed by atoms with van der Waals surface area (Å²) in [5.74, 6) is 1.38. The van der Waals surface area contributed by atoms with Gasteiger partial charge in [0.15, 0.2) is 5.82 Å². The van der Waals surface area contributed by atoms with E-state index in [1.54, 1.807) is 0 Å². The van der Waals surface area contributed by atoms with Gasteiger partial charge in [-0.3, -0.25) is 0 Å². The van der Waals surface area contributed by atoms with Gasteiger partial charge >= 0.3 is 0 Å². The second kappa shape index (κ2) is 8.88. The van der Waals surface area contributed by atoms with E-state index in [0.717, 1.165) is 64.6 Å². The fourth-order valence-corrected chi connectivity index (χ4v) is 4.30. The number of rotatable bonds is 8. The topological polar surface area (TPSA) is 103 Å². The quantitative estimate of drug-likeness (QED) is 0.385. The fraction of sp³-hybridized carbons (Fsp3) is 0.385. The maximum atomic E-state index is 10.6. The summed E-state index contributed by atoms with van der Waals surface area (Å²) in [5.41, 5.74) is 17.3. The van der Waals surface area contributed by atoms with E-state index in [-0.39, 0.29) is 0 Å². The number of anilines is 1. The van der Waals surface area contributed by atoms with E-state index in [9.17, 15) is 5.11 Å². The number of benzene rings is 2. The zero-order chi connectivity index (χ0) is 22.9. The minimum Gasteiger partial charge on any atom is -0.389 e. The van der Waals surface area contributed by atoms with Crippen molar-refractivity contribution < 1.29 is 5.11 Å². The molecular weight excluding hydrogens is 398 g/mol. The molecule has 4 rings (SSSR count). The van der Waals surface area contributed by atoms with Gasteiger partial charge < -0.3 is 21.1 Å². The Morgan fingerprint density at radius 1 is 1.03 bits per heavy atom. The highest BCUT2D eigenvalue weighted by atomic mass is 16.3. The zero-order valence-corrected chi connectivity index (χ0v) is 19.2. The third kappa shape index (κ3) is 4.61. The molecule has 0 amide bonds. The van der Waals surface area contributed by atoms with Crippen molar-refractivity contribution in [2.75, 3.05) is 5.73 Å². The van der Waals surface area contributed by atoms with Crippen LogP contribution in [0.5, 0.6) is 0 Å². The van der Waals surface area contributed by atoms with Crippen LogP contribution in [0.4, 0.5) is 5.82 Å². The Balaban J connectivity index is 1.83. The largest absolute Gasteiger partial charge is 0.389 e. The fourth-order valence-electron chi connectivity index (χ4n) is 4.30. The molecule has 0 saturated heterocycles. The number of nitrogens with two attached hydrogens (primary N) is 2. The van der Waals surface area contributed by atoms with E-state index in [0.29, 0.717) is 18.9 Å². The highest BCUT2D eigenvalue weighted by Gasteiger charge is 2.22. The molecule has 2 heterocycles. The minimum atomic E-state index is -0.868. The van der Waals surface area contributed by atoms with Gasteiger partial charge in [0.05, 0.1) is 23.2 Å². The number of hydrogen-bond donors (Lipinski definition) is 3. The Bertz CT molecular complexity index is 1250. The molecule has 32 heavy (non-hydrogen) atoms. The molecule has 2 aromatic carbocycles. The highest BCUT2D eigenvalue weighted by Crippen LogP contribution is 2.31. The van der Waals surface area contributed by atoms with Gasteiger partial charge in [-0.05, 0) is 49.4 Å². The van der Waals surface area contributed by atoms with Crippen molar-refractivity contribution in [3.05, 3.63) is 65.0 Å². The van der Waals surface area contributed by atoms with Crippen LogP contribution in [0.15, 0.2) is 42.5 Å². The maximum Gasteiger partial charge on any atom is 0.152 e. The van der Waals surface area contributed by atoms with Crippen LogP contribution in [0.3, 0.4) is 0 Å². The molecule has 0 saturated carbocycles. The summed E-state index contributed by atoms with van der Waals surface area (Å²) in [6.07, 6.45) is 3.76. The van der Waals surface area contributed by atoms with Crippen LogP contribution in [0, 0.1) is 0 Å². The van der Waals surface area contributed by atoms with Crippen LogP contribution >= 0.6 is 0 Å². The predicted molar refractivity (Wildman–Crippen MR) is 131 cm³/mol. The van der Waals surface area contributed by atoms with E-state index in [1.165, 1.54) is 5.56 Å². The molecule has 0 unspecified atom stereocenters. The van der Waals surface area contributed by atoms with Gasteiger partial charge in [0.1, 0.15) is 11.3 Å². The van der Waals surface area contributed by atoms with Crippen molar-refractivity contribution in [2.45, 2.75) is 65.1 Å². The number of aromatic nitrogens is 3. The Hall–Kier alpha value is -2.96. The van der Waals surface area contributed by atoms with Crippen molar-refractivity contribution in [2.24, 2.45) is 5.73 Å². The monoisotopic (exact) mass is 431 g/mol. The van der Waals surface area contributed by atoms with Crippen molar-refractivity contribution in [1.82, 2.24) is 14.5 Å². The van der Waals surface area contributed by atoms with Crippen molar-refractivity contribution in [3.63, 3.8) is 0 Å². The summed E-state index contributed by atoms with van der Waals surface area (Å²) in [4.78, 5) is 9.54. The number of unbranched alkanes of at least 4 members (excludes halogenated alkanes) is 1. The Morgan fingerprint density at radius 2 is 1.78 bits per heavy atom. The molecule has 0 aliphatic carbocycles. The first-order valence-electron chi connectivity index (χ1n) is 11.4. The first-order chi connectivity index (χ1) is 15.3. The number of aryl methyl sites for hydroxylation is 1. The van der Waals surface area contributed by atoms with Crippen LogP contribution in [-0.4, -0.2) is 25.2 Å². The van der Waals surface area contributed by atoms with Gasteiger partial charge in [0, 0.05) is 18.4 Å². The summed E-state index contributed by atoms with van der Waals surface area (Å²) in [6, 6.07) is 14.7. The summed E-state index contributed by atoms with van der Waals surface area (Å²) in [5, 5.41) is 11.6. The summed E-state index contributed by atoms with van der Waals surface area (Å²) >= 11 is 0. The van der Waals surface area contributed by atoms with Crippen molar-refractivity contribution in [3.8, 4) is 0 Å². The Kier molecular flexibility index (Phi) is 6.17. The standard InChI is InChI=1S/C26H33N5O/c1-4-5-9-22-30-23-24(31(22)16-26(2,3)32)20-11-10-18(14-21(20)29-25(23)28)12-17-7-6-8-19(13-17)15-27/h6-8,10-11,13-14,32H,4-5,9,12,15-16,27H2,1-3H3,(H2,28,29). The lowest BCUT2D eigenvalue weighted by molar-refractivity contribution is 0.0618. The average Bonchev–Trinajstić information content (AvgIpc) is 3.09. The van der Waals surface area contributed by atoms with Crippen LogP contribution in [0.2, 0.25) is 0 Å².